The van der Waals surface area contributed by atoms with Crippen LogP contribution in [-0.4, -0.2) is 46.8 Å². The lowest BCUT2D eigenvalue weighted by atomic mass is 10.2. The Balaban J connectivity index is 1.90. The average molecular weight is 312 g/mol. The summed E-state index contributed by atoms with van der Waals surface area (Å²) >= 11 is 3.42. The van der Waals surface area contributed by atoms with Crippen LogP contribution in [0, 0.1) is 0 Å². The van der Waals surface area contributed by atoms with Gasteiger partial charge in [-0.1, -0.05) is 28.9 Å². The van der Waals surface area contributed by atoms with Gasteiger partial charge in [-0.15, -0.1) is 0 Å². The summed E-state index contributed by atoms with van der Waals surface area (Å²) < 4.78 is 0. The van der Waals surface area contributed by atoms with E-state index in [1.54, 1.807) is 6.20 Å². The van der Waals surface area contributed by atoms with Gasteiger partial charge in [-0.05, 0) is 18.6 Å². The van der Waals surface area contributed by atoms with Crippen LogP contribution in [0.1, 0.15) is 13.3 Å². The minimum Gasteiger partial charge on any atom is -0.353 e. The number of halogens is 1. The third-order valence-electron chi connectivity index (χ3n) is 3.19. The molecule has 1 unspecified atom stereocenters. The Hall–Kier alpha value is -1.10. The molecular weight excluding hydrogens is 294 g/mol. The Bertz CT molecular complexity index is 390. The molecular formula is C13H18BrN3O. The SMILES string of the molecule is CCC(Br)C(=O)N1CCN(c2ccccn2)CC1. The van der Waals surface area contributed by atoms with Crippen LogP contribution in [0.3, 0.4) is 0 Å². The van der Waals surface area contributed by atoms with Crippen LogP contribution < -0.4 is 4.90 Å². The van der Waals surface area contributed by atoms with E-state index in [4.69, 9.17) is 0 Å². The molecule has 1 saturated heterocycles. The number of carbonyl (C=O) groups is 1. The predicted octanol–water partition coefficient (Wildman–Crippen LogP) is 1.90. The fourth-order valence-electron chi connectivity index (χ4n) is 2.07. The van der Waals surface area contributed by atoms with Crippen LogP contribution in [-0.2, 0) is 4.79 Å². The molecule has 0 aromatic carbocycles. The van der Waals surface area contributed by atoms with Gasteiger partial charge in [0, 0.05) is 32.4 Å². The van der Waals surface area contributed by atoms with E-state index in [2.05, 4.69) is 25.8 Å². The fraction of sp³-hybridized carbons (Fsp3) is 0.538. The minimum atomic E-state index is -0.0427. The molecule has 0 aliphatic carbocycles. The minimum absolute atomic E-state index is 0.0427. The number of pyridine rings is 1. The van der Waals surface area contributed by atoms with Crippen molar-refractivity contribution in [2.24, 2.45) is 0 Å². The van der Waals surface area contributed by atoms with Gasteiger partial charge < -0.3 is 9.80 Å². The predicted molar refractivity (Wildman–Crippen MR) is 76.0 cm³/mol. The summed E-state index contributed by atoms with van der Waals surface area (Å²) in [5, 5.41) is 0. The van der Waals surface area contributed by atoms with Gasteiger partial charge >= 0.3 is 0 Å². The first kappa shape index (κ1) is 13.3. The van der Waals surface area contributed by atoms with Gasteiger partial charge in [0.05, 0.1) is 4.83 Å². The zero-order valence-electron chi connectivity index (χ0n) is 10.6. The van der Waals surface area contributed by atoms with Crippen molar-refractivity contribution < 1.29 is 4.79 Å². The number of alkyl halides is 1. The summed E-state index contributed by atoms with van der Waals surface area (Å²) in [6.07, 6.45) is 2.64. The number of rotatable bonds is 3. The highest BCUT2D eigenvalue weighted by Crippen LogP contribution is 2.15. The number of carbonyl (C=O) groups excluding carboxylic acids is 1. The van der Waals surface area contributed by atoms with E-state index < -0.39 is 0 Å². The Morgan fingerprint density at radius 1 is 1.39 bits per heavy atom. The van der Waals surface area contributed by atoms with Crippen molar-refractivity contribution in [3.8, 4) is 0 Å². The maximum Gasteiger partial charge on any atom is 0.236 e. The van der Waals surface area contributed by atoms with E-state index in [0.717, 1.165) is 38.4 Å². The van der Waals surface area contributed by atoms with Crippen LogP contribution in [0.25, 0.3) is 0 Å². The van der Waals surface area contributed by atoms with Crippen molar-refractivity contribution in [2.75, 3.05) is 31.1 Å². The summed E-state index contributed by atoms with van der Waals surface area (Å²) in [6, 6.07) is 5.92. The molecule has 0 radical (unpaired) electrons. The summed E-state index contributed by atoms with van der Waals surface area (Å²) in [6.45, 7) is 5.27. The van der Waals surface area contributed by atoms with Crippen LogP contribution in [0.2, 0.25) is 0 Å². The molecule has 1 aliphatic heterocycles. The summed E-state index contributed by atoms with van der Waals surface area (Å²) in [5.74, 6) is 1.20. The van der Waals surface area contributed by atoms with Crippen molar-refractivity contribution in [1.29, 1.82) is 0 Å². The molecule has 1 aromatic rings. The third kappa shape index (κ3) is 3.02. The lowest BCUT2D eigenvalue weighted by Crippen LogP contribution is -2.50. The number of amides is 1. The van der Waals surface area contributed by atoms with Crippen molar-refractivity contribution in [3.05, 3.63) is 24.4 Å². The molecule has 1 aromatic heterocycles. The van der Waals surface area contributed by atoms with E-state index in [0.29, 0.717) is 0 Å². The lowest BCUT2D eigenvalue weighted by Gasteiger charge is -2.36. The molecule has 0 N–H and O–H groups in total. The number of hydrogen-bond acceptors (Lipinski definition) is 3. The first-order valence-corrected chi connectivity index (χ1v) is 7.22. The molecule has 5 heteroatoms. The largest absolute Gasteiger partial charge is 0.353 e. The quantitative estimate of drug-likeness (QED) is 0.800. The molecule has 0 bridgehead atoms. The molecule has 2 rings (SSSR count). The maximum atomic E-state index is 12.0. The molecule has 1 atom stereocenters. The summed E-state index contributed by atoms with van der Waals surface area (Å²) in [5.41, 5.74) is 0. The van der Waals surface area contributed by atoms with Gasteiger partial charge in [0.2, 0.25) is 5.91 Å². The molecule has 18 heavy (non-hydrogen) atoms. The lowest BCUT2D eigenvalue weighted by molar-refractivity contribution is -0.130. The summed E-state index contributed by atoms with van der Waals surface area (Å²) in [7, 11) is 0. The highest BCUT2D eigenvalue weighted by Gasteiger charge is 2.25. The van der Waals surface area contributed by atoms with E-state index in [1.165, 1.54) is 0 Å². The number of hydrogen-bond donors (Lipinski definition) is 0. The standard InChI is InChI=1S/C13H18BrN3O/c1-2-11(14)13(18)17-9-7-16(8-10-17)12-5-3-4-6-15-12/h3-6,11H,2,7-10H2,1H3. The van der Waals surface area contributed by atoms with Crippen LogP contribution >= 0.6 is 15.9 Å². The van der Waals surface area contributed by atoms with Crippen molar-refractivity contribution in [2.45, 2.75) is 18.2 Å². The Morgan fingerprint density at radius 3 is 2.67 bits per heavy atom. The van der Waals surface area contributed by atoms with Crippen LogP contribution in [0.4, 0.5) is 5.82 Å². The second-order valence-corrected chi connectivity index (χ2v) is 5.48. The number of anilines is 1. The molecule has 98 valence electrons. The first-order chi connectivity index (χ1) is 8.72. The maximum absolute atomic E-state index is 12.0. The Labute approximate surface area is 116 Å². The highest BCUT2D eigenvalue weighted by molar-refractivity contribution is 9.10. The first-order valence-electron chi connectivity index (χ1n) is 6.31. The third-order valence-corrected chi connectivity index (χ3v) is 4.23. The highest BCUT2D eigenvalue weighted by atomic mass is 79.9. The van der Waals surface area contributed by atoms with E-state index in [9.17, 15) is 4.79 Å². The van der Waals surface area contributed by atoms with Gasteiger partial charge in [-0.3, -0.25) is 4.79 Å². The van der Waals surface area contributed by atoms with E-state index in [-0.39, 0.29) is 10.7 Å². The second kappa shape index (κ2) is 6.18. The monoisotopic (exact) mass is 311 g/mol. The van der Waals surface area contributed by atoms with Crippen molar-refractivity contribution >= 4 is 27.7 Å². The molecule has 0 spiro atoms. The molecule has 1 aliphatic rings. The fourth-order valence-corrected chi connectivity index (χ4v) is 2.36. The summed E-state index contributed by atoms with van der Waals surface area (Å²) in [4.78, 5) is 20.5. The normalized spacial score (nSPS) is 17.7. The molecule has 4 nitrogen and oxygen atoms in total. The molecule has 1 amide bonds. The second-order valence-electron chi connectivity index (χ2n) is 4.38. The van der Waals surface area contributed by atoms with Gasteiger partial charge in [-0.25, -0.2) is 4.98 Å². The average Bonchev–Trinajstić information content (AvgIpc) is 2.47. The molecule has 2 heterocycles. The van der Waals surface area contributed by atoms with Crippen molar-refractivity contribution in [1.82, 2.24) is 9.88 Å². The van der Waals surface area contributed by atoms with Gasteiger partial charge in [0.25, 0.3) is 0 Å². The van der Waals surface area contributed by atoms with Crippen molar-refractivity contribution in [3.63, 3.8) is 0 Å². The Kier molecular flexibility index (Phi) is 4.58. The molecule has 1 fully saturated rings. The van der Waals surface area contributed by atoms with E-state index >= 15 is 0 Å². The topological polar surface area (TPSA) is 36.4 Å². The van der Waals surface area contributed by atoms with Crippen LogP contribution in [0.5, 0.6) is 0 Å². The van der Waals surface area contributed by atoms with Gasteiger partial charge in [-0.2, -0.15) is 0 Å². The number of aromatic nitrogens is 1. The van der Waals surface area contributed by atoms with Gasteiger partial charge in [0.15, 0.2) is 0 Å². The smallest absolute Gasteiger partial charge is 0.236 e. The Morgan fingerprint density at radius 2 is 2.11 bits per heavy atom. The number of nitrogens with zero attached hydrogens (tertiary/aromatic N) is 3. The zero-order chi connectivity index (χ0) is 13.0. The zero-order valence-corrected chi connectivity index (χ0v) is 12.1. The van der Waals surface area contributed by atoms with Crippen LogP contribution in [0.15, 0.2) is 24.4 Å². The van der Waals surface area contributed by atoms with E-state index in [1.807, 2.05) is 30.0 Å². The molecule has 0 saturated carbocycles. The van der Waals surface area contributed by atoms with Gasteiger partial charge in [0.1, 0.15) is 5.82 Å². The number of piperazine rings is 1.